The SMILES string of the molecule is CC1C(=O)NC(=O)CN1C(=O)c1ccc(F)c(Br)c1. The topological polar surface area (TPSA) is 66.5 Å². The lowest BCUT2D eigenvalue weighted by molar-refractivity contribution is -0.138. The zero-order valence-electron chi connectivity index (χ0n) is 9.94. The molecule has 0 saturated carbocycles. The number of amides is 3. The first-order valence-corrected chi connectivity index (χ1v) is 6.29. The lowest BCUT2D eigenvalue weighted by Crippen LogP contribution is -2.58. The molecule has 1 aliphatic rings. The summed E-state index contributed by atoms with van der Waals surface area (Å²) in [4.78, 5) is 36.1. The molecule has 7 heteroatoms. The van der Waals surface area contributed by atoms with Gasteiger partial charge in [0, 0.05) is 5.56 Å². The van der Waals surface area contributed by atoms with Crippen LogP contribution in [0.5, 0.6) is 0 Å². The number of halogens is 2. The fourth-order valence-corrected chi connectivity index (χ4v) is 2.14. The normalized spacial score (nSPS) is 19.3. The molecular formula is C12H10BrFN2O3. The maximum atomic E-state index is 13.1. The Morgan fingerprint density at radius 2 is 2.16 bits per heavy atom. The smallest absolute Gasteiger partial charge is 0.255 e. The van der Waals surface area contributed by atoms with Crippen LogP contribution in [0, 0.1) is 5.82 Å². The van der Waals surface area contributed by atoms with Crippen LogP contribution in [0.1, 0.15) is 17.3 Å². The Kier molecular flexibility index (Phi) is 3.66. The number of hydrogen-bond donors (Lipinski definition) is 1. The first kappa shape index (κ1) is 13.7. The van der Waals surface area contributed by atoms with Gasteiger partial charge in [-0.05, 0) is 41.1 Å². The molecule has 100 valence electrons. The third kappa shape index (κ3) is 2.65. The Balaban J connectivity index is 2.29. The second-order valence-electron chi connectivity index (χ2n) is 4.15. The molecule has 1 heterocycles. The predicted octanol–water partition coefficient (Wildman–Crippen LogP) is 1.08. The third-order valence-corrected chi connectivity index (χ3v) is 3.46. The van der Waals surface area contributed by atoms with Crippen molar-refractivity contribution in [1.29, 1.82) is 0 Å². The van der Waals surface area contributed by atoms with Crippen molar-refractivity contribution in [1.82, 2.24) is 10.2 Å². The van der Waals surface area contributed by atoms with E-state index in [1.807, 2.05) is 0 Å². The Labute approximate surface area is 116 Å². The van der Waals surface area contributed by atoms with Gasteiger partial charge < -0.3 is 4.90 Å². The minimum absolute atomic E-state index is 0.152. The van der Waals surface area contributed by atoms with Crippen LogP contribution in [0.3, 0.4) is 0 Å². The highest BCUT2D eigenvalue weighted by Gasteiger charge is 2.34. The van der Waals surface area contributed by atoms with Crippen LogP contribution in [-0.2, 0) is 9.59 Å². The maximum absolute atomic E-state index is 13.1. The minimum Gasteiger partial charge on any atom is -0.318 e. The molecule has 1 atom stereocenters. The molecule has 1 aromatic carbocycles. The van der Waals surface area contributed by atoms with Crippen molar-refractivity contribution in [2.45, 2.75) is 13.0 Å². The first-order chi connectivity index (χ1) is 8.90. The van der Waals surface area contributed by atoms with Gasteiger partial charge in [-0.2, -0.15) is 0 Å². The van der Waals surface area contributed by atoms with Crippen molar-refractivity contribution in [2.75, 3.05) is 6.54 Å². The third-order valence-electron chi connectivity index (χ3n) is 2.85. The summed E-state index contributed by atoms with van der Waals surface area (Å²) in [6.45, 7) is 1.33. The van der Waals surface area contributed by atoms with Crippen LogP contribution in [-0.4, -0.2) is 35.2 Å². The average molecular weight is 329 g/mol. The van der Waals surface area contributed by atoms with Gasteiger partial charge in [-0.3, -0.25) is 19.7 Å². The fraction of sp³-hybridized carbons (Fsp3) is 0.250. The van der Waals surface area contributed by atoms with Crippen LogP contribution in [0.4, 0.5) is 4.39 Å². The summed E-state index contributed by atoms with van der Waals surface area (Å²) in [6, 6.07) is 3.04. The van der Waals surface area contributed by atoms with Gasteiger partial charge >= 0.3 is 0 Å². The molecule has 19 heavy (non-hydrogen) atoms. The number of benzene rings is 1. The molecule has 1 N–H and O–H groups in total. The van der Waals surface area contributed by atoms with E-state index in [4.69, 9.17) is 0 Å². The molecular weight excluding hydrogens is 319 g/mol. The second kappa shape index (κ2) is 5.08. The molecule has 1 aliphatic heterocycles. The summed E-state index contributed by atoms with van der Waals surface area (Å²) in [6.07, 6.45) is 0. The summed E-state index contributed by atoms with van der Waals surface area (Å²) in [7, 11) is 0. The van der Waals surface area contributed by atoms with Crippen molar-refractivity contribution < 1.29 is 18.8 Å². The Hall–Kier alpha value is -1.76. The van der Waals surface area contributed by atoms with Crippen LogP contribution in [0.15, 0.2) is 22.7 Å². The van der Waals surface area contributed by atoms with Gasteiger partial charge in [-0.1, -0.05) is 0 Å². The number of carbonyl (C=O) groups excluding carboxylic acids is 3. The van der Waals surface area contributed by atoms with Gasteiger partial charge in [0.15, 0.2) is 0 Å². The van der Waals surface area contributed by atoms with E-state index in [9.17, 15) is 18.8 Å². The summed E-state index contributed by atoms with van der Waals surface area (Å²) in [5.74, 6) is -2.03. The average Bonchev–Trinajstić information content (AvgIpc) is 2.36. The quantitative estimate of drug-likeness (QED) is 0.784. The van der Waals surface area contributed by atoms with E-state index in [2.05, 4.69) is 21.2 Å². The number of piperazine rings is 1. The van der Waals surface area contributed by atoms with Crippen LogP contribution in [0.2, 0.25) is 0 Å². The number of nitrogens with zero attached hydrogens (tertiary/aromatic N) is 1. The lowest BCUT2D eigenvalue weighted by atomic mass is 10.1. The van der Waals surface area contributed by atoms with E-state index in [1.165, 1.54) is 19.1 Å². The van der Waals surface area contributed by atoms with Gasteiger partial charge in [0.1, 0.15) is 18.4 Å². The summed E-state index contributed by atoms with van der Waals surface area (Å²) in [5, 5.41) is 2.14. The highest BCUT2D eigenvalue weighted by atomic mass is 79.9. The monoisotopic (exact) mass is 328 g/mol. The van der Waals surface area contributed by atoms with Crippen LogP contribution in [0.25, 0.3) is 0 Å². The zero-order chi connectivity index (χ0) is 14.2. The summed E-state index contributed by atoms with van der Waals surface area (Å²) >= 11 is 2.99. The molecule has 1 fully saturated rings. The Bertz CT molecular complexity index is 576. The van der Waals surface area contributed by atoms with E-state index < -0.39 is 29.6 Å². The van der Waals surface area contributed by atoms with E-state index in [0.717, 1.165) is 11.0 Å². The zero-order valence-corrected chi connectivity index (χ0v) is 11.5. The summed E-state index contributed by atoms with van der Waals surface area (Å²) < 4.78 is 13.3. The lowest BCUT2D eigenvalue weighted by Gasteiger charge is -2.31. The molecule has 0 aliphatic carbocycles. The number of imide groups is 1. The summed E-state index contributed by atoms with van der Waals surface area (Å²) in [5.41, 5.74) is 0.211. The first-order valence-electron chi connectivity index (χ1n) is 5.50. The standard InChI is InChI=1S/C12H10BrFN2O3/c1-6-11(18)15-10(17)5-16(6)12(19)7-2-3-9(14)8(13)4-7/h2-4,6H,5H2,1H3,(H,15,17,18). The highest BCUT2D eigenvalue weighted by Crippen LogP contribution is 2.19. The second-order valence-corrected chi connectivity index (χ2v) is 5.00. The van der Waals surface area contributed by atoms with E-state index >= 15 is 0 Å². The van der Waals surface area contributed by atoms with Crippen LogP contribution >= 0.6 is 15.9 Å². The molecule has 0 aromatic heterocycles. The van der Waals surface area contributed by atoms with Crippen molar-refractivity contribution in [3.63, 3.8) is 0 Å². The molecule has 0 bridgehead atoms. The van der Waals surface area contributed by atoms with Gasteiger partial charge in [0.2, 0.25) is 11.8 Å². The molecule has 1 unspecified atom stereocenters. The molecule has 0 spiro atoms. The van der Waals surface area contributed by atoms with E-state index in [0.29, 0.717) is 0 Å². The van der Waals surface area contributed by atoms with Crippen molar-refractivity contribution >= 4 is 33.7 Å². The number of carbonyl (C=O) groups is 3. The molecule has 1 saturated heterocycles. The van der Waals surface area contributed by atoms with E-state index in [1.54, 1.807) is 0 Å². The van der Waals surface area contributed by atoms with Gasteiger partial charge in [0.05, 0.1) is 4.47 Å². The van der Waals surface area contributed by atoms with Gasteiger partial charge in [-0.15, -0.1) is 0 Å². The largest absolute Gasteiger partial charge is 0.318 e. The Morgan fingerprint density at radius 1 is 1.47 bits per heavy atom. The molecule has 1 aromatic rings. The number of nitrogens with one attached hydrogen (secondary N) is 1. The van der Waals surface area contributed by atoms with Crippen LogP contribution < -0.4 is 5.32 Å². The highest BCUT2D eigenvalue weighted by molar-refractivity contribution is 9.10. The molecule has 0 radical (unpaired) electrons. The fourth-order valence-electron chi connectivity index (χ4n) is 1.76. The predicted molar refractivity (Wildman–Crippen MR) is 67.7 cm³/mol. The van der Waals surface area contributed by atoms with Crippen molar-refractivity contribution in [2.24, 2.45) is 0 Å². The molecule has 5 nitrogen and oxygen atoms in total. The maximum Gasteiger partial charge on any atom is 0.255 e. The van der Waals surface area contributed by atoms with Gasteiger partial charge in [-0.25, -0.2) is 4.39 Å². The van der Waals surface area contributed by atoms with Crippen molar-refractivity contribution in [3.8, 4) is 0 Å². The molecule has 3 amide bonds. The molecule has 2 rings (SSSR count). The van der Waals surface area contributed by atoms with E-state index in [-0.39, 0.29) is 16.6 Å². The van der Waals surface area contributed by atoms with Gasteiger partial charge in [0.25, 0.3) is 5.91 Å². The minimum atomic E-state index is -0.742. The number of hydrogen-bond acceptors (Lipinski definition) is 3. The van der Waals surface area contributed by atoms with Crippen molar-refractivity contribution in [3.05, 3.63) is 34.1 Å². The Morgan fingerprint density at radius 3 is 2.79 bits per heavy atom. The number of rotatable bonds is 1.